The van der Waals surface area contributed by atoms with Crippen molar-refractivity contribution in [3.05, 3.63) is 54.2 Å². The van der Waals surface area contributed by atoms with Crippen molar-refractivity contribution >= 4 is 17.4 Å². The molecule has 1 atom stereocenters. The van der Waals surface area contributed by atoms with Gasteiger partial charge in [-0.2, -0.15) is 15.3 Å². The molecule has 0 unspecified atom stereocenters. The lowest BCUT2D eigenvalue weighted by molar-refractivity contribution is 0.0996. The summed E-state index contributed by atoms with van der Waals surface area (Å²) in [7, 11) is 0. The first kappa shape index (κ1) is 15.9. The van der Waals surface area contributed by atoms with Crippen LogP contribution in [0.4, 0.5) is 11.5 Å². The van der Waals surface area contributed by atoms with E-state index in [4.69, 9.17) is 0 Å². The molecule has 0 spiro atoms. The largest absolute Gasteiger partial charge is 0.356 e. The van der Waals surface area contributed by atoms with Gasteiger partial charge in [-0.1, -0.05) is 6.92 Å². The van der Waals surface area contributed by atoms with Crippen molar-refractivity contribution in [2.45, 2.75) is 19.9 Å². The molecule has 2 aliphatic rings. The van der Waals surface area contributed by atoms with Crippen molar-refractivity contribution in [1.29, 1.82) is 0 Å². The zero-order valence-electron chi connectivity index (χ0n) is 15.0. The third kappa shape index (κ3) is 2.73. The molecule has 5 heterocycles. The second-order valence-corrected chi connectivity index (χ2v) is 7.14. The van der Waals surface area contributed by atoms with Crippen LogP contribution in [0.15, 0.2) is 43.0 Å². The van der Waals surface area contributed by atoms with Gasteiger partial charge in [-0.05, 0) is 30.5 Å². The molecule has 0 aliphatic carbocycles. The van der Waals surface area contributed by atoms with Crippen LogP contribution in [0.1, 0.15) is 29.4 Å². The van der Waals surface area contributed by atoms with Crippen molar-refractivity contribution in [3.63, 3.8) is 0 Å². The van der Waals surface area contributed by atoms with Crippen LogP contribution in [0.3, 0.4) is 0 Å². The molecule has 0 radical (unpaired) electrons. The number of pyridine rings is 1. The van der Waals surface area contributed by atoms with Gasteiger partial charge in [-0.3, -0.25) is 4.79 Å². The van der Waals surface area contributed by atoms with Crippen molar-refractivity contribution in [2.24, 2.45) is 5.92 Å². The molecule has 5 rings (SSSR count). The van der Waals surface area contributed by atoms with Crippen molar-refractivity contribution in [3.8, 4) is 5.69 Å². The third-order valence-electron chi connectivity index (χ3n) is 5.20. The first-order valence-electron chi connectivity index (χ1n) is 9.07. The zero-order chi connectivity index (χ0) is 18.4. The standard InChI is InChI=1S/C19H19N7O/c1-13-5-7-24(10-13)18-3-2-15(8-20-18)26-11-16-17(23-26)12-25(19(16)27)14-4-6-21-22-9-14/h2-4,6,8-9,11,13H,5,7,10,12H2,1H3/t13-/m0/s1. The molecule has 1 amide bonds. The predicted octanol–water partition coefficient (Wildman–Crippen LogP) is 2.06. The Morgan fingerprint density at radius 1 is 1.11 bits per heavy atom. The monoisotopic (exact) mass is 361 g/mol. The lowest BCUT2D eigenvalue weighted by Crippen LogP contribution is -2.24. The van der Waals surface area contributed by atoms with E-state index in [9.17, 15) is 4.79 Å². The normalized spacial score (nSPS) is 19.0. The molecule has 27 heavy (non-hydrogen) atoms. The number of amides is 1. The second-order valence-electron chi connectivity index (χ2n) is 7.14. The van der Waals surface area contributed by atoms with Crippen molar-refractivity contribution < 1.29 is 4.79 Å². The Bertz CT molecular complexity index is 983. The summed E-state index contributed by atoms with van der Waals surface area (Å²) in [5, 5.41) is 12.2. The Hall–Kier alpha value is -3.29. The number of nitrogens with zero attached hydrogens (tertiary/aromatic N) is 7. The van der Waals surface area contributed by atoms with Gasteiger partial charge < -0.3 is 9.80 Å². The number of hydrogen-bond acceptors (Lipinski definition) is 6. The molecule has 3 aromatic heterocycles. The summed E-state index contributed by atoms with van der Waals surface area (Å²) in [6.07, 6.45) is 7.96. The minimum Gasteiger partial charge on any atom is -0.356 e. The maximum atomic E-state index is 12.7. The van der Waals surface area contributed by atoms with Gasteiger partial charge in [-0.25, -0.2) is 9.67 Å². The van der Waals surface area contributed by atoms with Gasteiger partial charge in [0.15, 0.2) is 0 Å². The molecule has 0 aromatic carbocycles. The number of hydrogen-bond donors (Lipinski definition) is 0. The minimum absolute atomic E-state index is 0.0696. The number of carbonyl (C=O) groups excluding carboxylic acids is 1. The fraction of sp³-hybridized carbons (Fsp3) is 0.316. The fourth-order valence-corrected chi connectivity index (χ4v) is 3.70. The van der Waals surface area contributed by atoms with Crippen LogP contribution in [-0.2, 0) is 6.54 Å². The third-order valence-corrected chi connectivity index (χ3v) is 5.20. The molecular weight excluding hydrogens is 342 g/mol. The van der Waals surface area contributed by atoms with Gasteiger partial charge in [0.25, 0.3) is 5.91 Å². The summed E-state index contributed by atoms with van der Waals surface area (Å²) in [4.78, 5) is 21.3. The number of aromatic nitrogens is 5. The summed E-state index contributed by atoms with van der Waals surface area (Å²) in [6.45, 7) is 4.81. The van der Waals surface area contributed by atoms with E-state index in [1.54, 1.807) is 34.2 Å². The van der Waals surface area contributed by atoms with Gasteiger partial charge in [-0.15, -0.1) is 0 Å². The maximum Gasteiger partial charge on any atom is 0.262 e. The highest BCUT2D eigenvalue weighted by Crippen LogP contribution is 2.28. The lowest BCUT2D eigenvalue weighted by atomic mass is 10.2. The molecule has 8 nitrogen and oxygen atoms in total. The van der Waals surface area contributed by atoms with Crippen LogP contribution in [0.25, 0.3) is 5.69 Å². The van der Waals surface area contributed by atoms with Crippen LogP contribution >= 0.6 is 0 Å². The molecule has 8 heteroatoms. The quantitative estimate of drug-likeness (QED) is 0.710. The smallest absolute Gasteiger partial charge is 0.262 e. The van der Waals surface area contributed by atoms with Crippen molar-refractivity contribution in [2.75, 3.05) is 22.9 Å². The summed E-state index contributed by atoms with van der Waals surface area (Å²) in [5.41, 5.74) is 2.95. The first-order valence-corrected chi connectivity index (χ1v) is 9.07. The van der Waals surface area contributed by atoms with E-state index in [0.29, 0.717) is 18.0 Å². The summed E-state index contributed by atoms with van der Waals surface area (Å²) >= 11 is 0. The van der Waals surface area contributed by atoms with Gasteiger partial charge in [0.1, 0.15) is 5.82 Å². The van der Waals surface area contributed by atoms with Crippen LogP contribution in [0, 0.1) is 5.92 Å². The maximum absolute atomic E-state index is 12.7. The Balaban J connectivity index is 1.37. The first-order chi connectivity index (χ1) is 13.2. The Kier molecular flexibility index (Phi) is 3.63. The van der Waals surface area contributed by atoms with E-state index < -0.39 is 0 Å². The SMILES string of the molecule is C[C@H]1CCN(c2ccc(-n3cc4c(n3)CN(c3ccnnc3)C4=O)cn2)C1. The minimum atomic E-state index is -0.0696. The number of fused-ring (bicyclic) bond motifs is 1. The molecule has 0 bridgehead atoms. The summed E-state index contributed by atoms with van der Waals surface area (Å²) < 4.78 is 1.73. The second kappa shape index (κ2) is 6.15. The van der Waals surface area contributed by atoms with Crippen molar-refractivity contribution in [1.82, 2.24) is 25.0 Å². The van der Waals surface area contributed by atoms with E-state index in [-0.39, 0.29) is 5.91 Å². The average Bonchev–Trinajstić information content (AvgIpc) is 3.39. The molecule has 0 saturated carbocycles. The van der Waals surface area contributed by atoms with E-state index in [0.717, 1.165) is 36.0 Å². The molecule has 1 fully saturated rings. The topological polar surface area (TPSA) is 80.0 Å². The highest BCUT2D eigenvalue weighted by Gasteiger charge is 2.32. The van der Waals surface area contributed by atoms with Crippen LogP contribution in [0.2, 0.25) is 0 Å². The van der Waals surface area contributed by atoms with Gasteiger partial charge in [0, 0.05) is 19.3 Å². The number of rotatable bonds is 3. The van der Waals surface area contributed by atoms with E-state index in [1.165, 1.54) is 6.42 Å². The van der Waals surface area contributed by atoms with E-state index in [2.05, 4.69) is 32.1 Å². The molecule has 1 saturated heterocycles. The fourth-order valence-electron chi connectivity index (χ4n) is 3.70. The highest BCUT2D eigenvalue weighted by atomic mass is 16.2. The van der Waals surface area contributed by atoms with Gasteiger partial charge >= 0.3 is 0 Å². The molecule has 3 aromatic rings. The Labute approximate surface area is 156 Å². The Morgan fingerprint density at radius 2 is 2.04 bits per heavy atom. The average molecular weight is 361 g/mol. The van der Waals surface area contributed by atoms with Crippen LogP contribution in [0.5, 0.6) is 0 Å². The number of carbonyl (C=O) groups is 1. The molecule has 0 N–H and O–H groups in total. The van der Waals surface area contributed by atoms with Crippen LogP contribution in [-0.4, -0.2) is 44.0 Å². The van der Waals surface area contributed by atoms with Crippen LogP contribution < -0.4 is 9.80 Å². The molecule has 136 valence electrons. The Morgan fingerprint density at radius 3 is 2.70 bits per heavy atom. The predicted molar refractivity (Wildman–Crippen MR) is 99.9 cm³/mol. The lowest BCUT2D eigenvalue weighted by Gasteiger charge is -2.17. The molecule has 2 aliphatic heterocycles. The summed E-state index contributed by atoms with van der Waals surface area (Å²) in [6, 6.07) is 5.80. The highest BCUT2D eigenvalue weighted by molar-refractivity contribution is 6.09. The number of anilines is 2. The molecular formula is C19H19N7O. The summed E-state index contributed by atoms with van der Waals surface area (Å²) in [5.74, 6) is 1.64. The zero-order valence-corrected chi connectivity index (χ0v) is 15.0. The van der Waals surface area contributed by atoms with Gasteiger partial charge in [0.05, 0.1) is 47.8 Å². The van der Waals surface area contributed by atoms with Gasteiger partial charge in [0.2, 0.25) is 0 Å². The van der Waals surface area contributed by atoms with E-state index in [1.807, 2.05) is 18.3 Å². The van der Waals surface area contributed by atoms with E-state index >= 15 is 0 Å².